The van der Waals surface area contributed by atoms with Crippen LogP contribution in [0.4, 0.5) is 0 Å². The monoisotopic (exact) mass is 433 g/mol. The van der Waals surface area contributed by atoms with Gasteiger partial charge in [0.1, 0.15) is 6.10 Å². The van der Waals surface area contributed by atoms with Crippen LogP contribution in [-0.2, 0) is 16.6 Å². The fourth-order valence-electron chi connectivity index (χ4n) is 4.65. The van der Waals surface area contributed by atoms with E-state index in [1.165, 1.54) is 0 Å². The van der Waals surface area contributed by atoms with Crippen LogP contribution in [0.3, 0.4) is 0 Å². The van der Waals surface area contributed by atoms with E-state index in [2.05, 4.69) is 5.10 Å². The van der Waals surface area contributed by atoms with E-state index in [4.69, 9.17) is 9.72 Å². The maximum Gasteiger partial charge on any atom is 0.254 e. The lowest BCUT2D eigenvalue weighted by Crippen LogP contribution is -2.52. The maximum absolute atomic E-state index is 13.6. The zero-order valence-electron chi connectivity index (χ0n) is 18.5. The molecule has 8 heteroatoms. The summed E-state index contributed by atoms with van der Waals surface area (Å²) < 4.78 is 7.27. The lowest BCUT2D eigenvalue weighted by atomic mass is 10.0. The van der Waals surface area contributed by atoms with E-state index in [0.29, 0.717) is 44.0 Å². The molecule has 2 saturated heterocycles. The van der Waals surface area contributed by atoms with Crippen LogP contribution in [0.5, 0.6) is 0 Å². The minimum atomic E-state index is -0.316. The number of hydrogen-bond donors (Lipinski definition) is 0. The molecule has 2 fully saturated rings. The van der Waals surface area contributed by atoms with Crippen molar-refractivity contribution >= 4 is 22.8 Å². The summed E-state index contributed by atoms with van der Waals surface area (Å²) in [5.41, 5.74) is 3.79. The Labute approximate surface area is 186 Å². The number of aromatic nitrogens is 3. The molecule has 2 aromatic heterocycles. The number of carbonyl (C=O) groups excluding carboxylic acids is 2. The molecule has 5 rings (SSSR count). The first-order valence-corrected chi connectivity index (χ1v) is 11.1. The van der Waals surface area contributed by atoms with Gasteiger partial charge in [-0.25, -0.2) is 4.98 Å². The molecule has 2 aliphatic heterocycles. The van der Waals surface area contributed by atoms with Crippen molar-refractivity contribution in [2.75, 3.05) is 32.8 Å². The number of pyridine rings is 1. The molecule has 32 heavy (non-hydrogen) atoms. The van der Waals surface area contributed by atoms with Crippen LogP contribution >= 0.6 is 0 Å². The number of benzene rings is 1. The number of piperazine rings is 1. The Kier molecular flexibility index (Phi) is 5.38. The van der Waals surface area contributed by atoms with Crippen LogP contribution in [0.2, 0.25) is 0 Å². The lowest BCUT2D eigenvalue weighted by Gasteiger charge is -2.36. The van der Waals surface area contributed by atoms with Crippen molar-refractivity contribution in [1.29, 1.82) is 0 Å². The minimum Gasteiger partial charge on any atom is -0.368 e. The van der Waals surface area contributed by atoms with Gasteiger partial charge in [-0.1, -0.05) is 30.3 Å². The Morgan fingerprint density at radius 1 is 1.06 bits per heavy atom. The molecule has 0 radical (unpaired) electrons. The molecule has 2 aliphatic rings. The third-order valence-corrected chi connectivity index (χ3v) is 6.35. The maximum atomic E-state index is 13.6. The fourth-order valence-corrected chi connectivity index (χ4v) is 4.65. The van der Waals surface area contributed by atoms with E-state index in [9.17, 15) is 9.59 Å². The molecule has 1 aromatic carbocycles. The quantitative estimate of drug-likeness (QED) is 0.634. The zero-order chi connectivity index (χ0) is 22.2. The Morgan fingerprint density at radius 3 is 2.47 bits per heavy atom. The van der Waals surface area contributed by atoms with Crippen LogP contribution in [0.15, 0.2) is 36.4 Å². The lowest BCUT2D eigenvalue weighted by molar-refractivity contribution is -0.142. The van der Waals surface area contributed by atoms with Crippen molar-refractivity contribution in [3.63, 3.8) is 0 Å². The van der Waals surface area contributed by atoms with Crippen molar-refractivity contribution < 1.29 is 14.3 Å². The Hall–Kier alpha value is -3.26. The first-order chi connectivity index (χ1) is 15.5. The minimum absolute atomic E-state index is 0.0464. The average Bonchev–Trinajstić information content (AvgIpc) is 3.47. The summed E-state index contributed by atoms with van der Waals surface area (Å²) in [6, 6.07) is 11.7. The molecule has 166 valence electrons. The van der Waals surface area contributed by atoms with E-state index in [-0.39, 0.29) is 17.9 Å². The van der Waals surface area contributed by atoms with Crippen LogP contribution in [-0.4, -0.2) is 75.3 Å². The van der Waals surface area contributed by atoms with Crippen molar-refractivity contribution in [1.82, 2.24) is 24.6 Å². The number of aryl methyl sites for hydroxylation is 2. The van der Waals surface area contributed by atoms with Crippen molar-refractivity contribution in [2.45, 2.75) is 25.9 Å². The molecule has 0 N–H and O–H groups in total. The number of nitrogens with zero attached hydrogens (tertiary/aromatic N) is 5. The van der Waals surface area contributed by atoms with E-state index in [0.717, 1.165) is 35.2 Å². The Bertz CT molecular complexity index is 1160. The second-order valence-electron chi connectivity index (χ2n) is 8.45. The SMILES string of the molecule is Cc1nn(C)c2nc(-c3ccccc3)cc(C(=O)N3CCN(C(=O)C4CCCO4)CC3)c12. The number of fused-ring (bicyclic) bond motifs is 1. The van der Waals surface area contributed by atoms with Gasteiger partial charge in [0.25, 0.3) is 11.8 Å². The van der Waals surface area contributed by atoms with Crippen molar-refractivity contribution in [2.24, 2.45) is 7.05 Å². The van der Waals surface area contributed by atoms with Crippen LogP contribution in [0, 0.1) is 6.92 Å². The number of rotatable bonds is 3. The second-order valence-corrected chi connectivity index (χ2v) is 8.45. The van der Waals surface area contributed by atoms with E-state index < -0.39 is 0 Å². The first-order valence-electron chi connectivity index (χ1n) is 11.1. The molecule has 0 bridgehead atoms. The van der Waals surface area contributed by atoms with Gasteiger partial charge in [-0.05, 0) is 25.8 Å². The van der Waals surface area contributed by atoms with Crippen LogP contribution < -0.4 is 0 Å². The third-order valence-electron chi connectivity index (χ3n) is 6.35. The molecule has 0 saturated carbocycles. The third kappa shape index (κ3) is 3.64. The molecule has 4 heterocycles. The molecular formula is C24H27N5O3. The van der Waals surface area contributed by atoms with Gasteiger partial charge in [0.2, 0.25) is 0 Å². The highest BCUT2D eigenvalue weighted by Crippen LogP contribution is 2.28. The molecule has 1 unspecified atom stereocenters. The molecule has 2 amide bonds. The summed E-state index contributed by atoms with van der Waals surface area (Å²) in [5, 5.41) is 5.30. The summed E-state index contributed by atoms with van der Waals surface area (Å²) >= 11 is 0. The average molecular weight is 434 g/mol. The number of carbonyl (C=O) groups is 2. The fraction of sp³-hybridized carbons (Fsp3) is 0.417. The molecular weight excluding hydrogens is 406 g/mol. The Morgan fingerprint density at radius 2 is 1.78 bits per heavy atom. The molecule has 8 nitrogen and oxygen atoms in total. The summed E-state index contributed by atoms with van der Waals surface area (Å²) in [7, 11) is 1.85. The Balaban J connectivity index is 1.43. The predicted octanol–water partition coefficient (Wildman–Crippen LogP) is 2.41. The molecule has 3 aromatic rings. The summed E-state index contributed by atoms with van der Waals surface area (Å²) in [5.74, 6) is 0.00487. The van der Waals surface area contributed by atoms with Gasteiger partial charge < -0.3 is 14.5 Å². The zero-order valence-corrected chi connectivity index (χ0v) is 18.5. The summed E-state index contributed by atoms with van der Waals surface area (Å²) in [4.78, 5) is 34.7. The van der Waals surface area contributed by atoms with Gasteiger partial charge >= 0.3 is 0 Å². The topological polar surface area (TPSA) is 80.6 Å². The largest absolute Gasteiger partial charge is 0.368 e. The predicted molar refractivity (Wildman–Crippen MR) is 120 cm³/mol. The molecule has 0 aliphatic carbocycles. The van der Waals surface area contributed by atoms with Gasteiger partial charge in [-0.3, -0.25) is 14.3 Å². The summed E-state index contributed by atoms with van der Waals surface area (Å²) in [6.07, 6.45) is 1.40. The second kappa shape index (κ2) is 8.35. The van der Waals surface area contributed by atoms with Crippen molar-refractivity contribution in [3.8, 4) is 11.3 Å². The molecule has 1 atom stereocenters. The number of amides is 2. The highest BCUT2D eigenvalue weighted by atomic mass is 16.5. The van der Waals surface area contributed by atoms with Crippen LogP contribution in [0.1, 0.15) is 28.9 Å². The van der Waals surface area contributed by atoms with Gasteiger partial charge in [0.15, 0.2) is 5.65 Å². The van der Waals surface area contributed by atoms with Crippen LogP contribution in [0.25, 0.3) is 22.3 Å². The highest BCUT2D eigenvalue weighted by molar-refractivity contribution is 6.07. The number of ether oxygens (including phenoxy) is 1. The van der Waals surface area contributed by atoms with Crippen molar-refractivity contribution in [3.05, 3.63) is 47.7 Å². The van der Waals surface area contributed by atoms with E-state index in [1.54, 1.807) is 4.68 Å². The van der Waals surface area contributed by atoms with Gasteiger partial charge in [0, 0.05) is 45.4 Å². The smallest absolute Gasteiger partial charge is 0.254 e. The standard InChI is InChI=1S/C24H27N5O3/c1-16-21-18(15-19(17-7-4-3-5-8-17)25-22(21)27(2)26-16)23(30)28-10-12-29(13-11-28)24(31)20-9-6-14-32-20/h3-5,7-8,15,20H,6,9-14H2,1-2H3. The van der Waals surface area contributed by atoms with Gasteiger partial charge in [-0.15, -0.1) is 0 Å². The summed E-state index contributed by atoms with van der Waals surface area (Å²) in [6.45, 7) is 4.61. The van der Waals surface area contributed by atoms with Gasteiger partial charge in [0.05, 0.1) is 22.3 Å². The normalized spacial score (nSPS) is 19.0. The first kappa shape index (κ1) is 20.6. The van der Waals surface area contributed by atoms with Gasteiger partial charge in [-0.2, -0.15) is 5.10 Å². The highest BCUT2D eigenvalue weighted by Gasteiger charge is 2.32. The van der Waals surface area contributed by atoms with E-state index in [1.807, 2.05) is 60.2 Å². The molecule has 0 spiro atoms. The number of hydrogen-bond acceptors (Lipinski definition) is 5. The van der Waals surface area contributed by atoms with E-state index >= 15 is 0 Å².